The number of methoxy groups -OCH3 is 1. The second kappa shape index (κ2) is 4.69. The largest absolute Gasteiger partial charge is 0.381 e. The molecule has 0 N–H and O–H groups in total. The van der Waals surface area contributed by atoms with E-state index in [4.69, 9.17) is 4.74 Å². The third-order valence-corrected chi connectivity index (χ3v) is 1.83. The Morgan fingerprint density at radius 1 is 1.30 bits per heavy atom. The zero-order valence-corrected chi connectivity index (χ0v) is 7.72. The van der Waals surface area contributed by atoms with Crippen LogP contribution < -0.4 is 0 Å². The zero-order valence-electron chi connectivity index (χ0n) is 7.72. The van der Waals surface area contributed by atoms with E-state index in [0.29, 0.717) is 12.0 Å². The Hall–Kier alpha value is -0.0800. The van der Waals surface area contributed by atoms with E-state index in [2.05, 4.69) is 32.8 Å². The standard InChI is InChI=1S/C8H19NO/c1-7(6-9(3)4)8(2)10-5/h7-8H,6H2,1-5H3. The van der Waals surface area contributed by atoms with Gasteiger partial charge in [-0.3, -0.25) is 0 Å². The maximum absolute atomic E-state index is 5.19. The van der Waals surface area contributed by atoms with Crippen molar-refractivity contribution in [1.82, 2.24) is 4.90 Å². The SMILES string of the molecule is COC(C)C(C)CN(C)C. The van der Waals surface area contributed by atoms with Gasteiger partial charge in [-0.1, -0.05) is 6.92 Å². The molecule has 0 aromatic carbocycles. The van der Waals surface area contributed by atoms with E-state index < -0.39 is 0 Å². The minimum absolute atomic E-state index is 0.363. The summed E-state index contributed by atoms with van der Waals surface area (Å²) in [6, 6.07) is 0. The van der Waals surface area contributed by atoms with E-state index in [0.717, 1.165) is 6.54 Å². The lowest BCUT2D eigenvalue weighted by molar-refractivity contribution is 0.0629. The van der Waals surface area contributed by atoms with Crippen molar-refractivity contribution < 1.29 is 4.74 Å². The molecule has 0 radical (unpaired) electrons. The van der Waals surface area contributed by atoms with Crippen molar-refractivity contribution in [1.29, 1.82) is 0 Å². The first-order valence-electron chi connectivity index (χ1n) is 3.75. The van der Waals surface area contributed by atoms with Crippen LogP contribution in [0.2, 0.25) is 0 Å². The van der Waals surface area contributed by atoms with Crippen LogP contribution in [0.3, 0.4) is 0 Å². The summed E-state index contributed by atoms with van der Waals surface area (Å²) >= 11 is 0. The molecular formula is C8H19NO. The number of hydrogen-bond acceptors (Lipinski definition) is 2. The van der Waals surface area contributed by atoms with Gasteiger partial charge in [0.2, 0.25) is 0 Å². The third kappa shape index (κ3) is 3.85. The van der Waals surface area contributed by atoms with E-state index in [-0.39, 0.29) is 0 Å². The van der Waals surface area contributed by atoms with Gasteiger partial charge in [0, 0.05) is 13.7 Å². The summed E-state index contributed by atoms with van der Waals surface area (Å²) in [7, 11) is 5.93. The first kappa shape index (κ1) is 9.92. The summed E-state index contributed by atoms with van der Waals surface area (Å²) in [5.41, 5.74) is 0. The normalized spacial score (nSPS) is 17.4. The maximum atomic E-state index is 5.19. The van der Waals surface area contributed by atoms with Crippen LogP contribution in [0.25, 0.3) is 0 Å². The highest BCUT2D eigenvalue weighted by molar-refractivity contribution is 4.62. The van der Waals surface area contributed by atoms with Gasteiger partial charge in [0.05, 0.1) is 6.10 Å². The van der Waals surface area contributed by atoms with Crippen molar-refractivity contribution in [2.45, 2.75) is 20.0 Å². The van der Waals surface area contributed by atoms with E-state index >= 15 is 0 Å². The molecule has 0 heterocycles. The molecule has 62 valence electrons. The lowest BCUT2D eigenvalue weighted by atomic mass is 10.1. The van der Waals surface area contributed by atoms with Gasteiger partial charge >= 0.3 is 0 Å². The highest BCUT2D eigenvalue weighted by atomic mass is 16.5. The molecule has 0 bridgehead atoms. The Labute approximate surface area is 64.2 Å². The fourth-order valence-electron chi connectivity index (χ4n) is 0.957. The zero-order chi connectivity index (χ0) is 8.15. The molecule has 0 aliphatic heterocycles. The van der Waals surface area contributed by atoms with Crippen LogP contribution in [0, 0.1) is 5.92 Å². The molecule has 0 rings (SSSR count). The second-order valence-electron chi connectivity index (χ2n) is 3.18. The molecule has 2 unspecified atom stereocenters. The fourth-order valence-corrected chi connectivity index (χ4v) is 0.957. The molecule has 0 aliphatic carbocycles. The van der Waals surface area contributed by atoms with Crippen LogP contribution >= 0.6 is 0 Å². The summed E-state index contributed by atoms with van der Waals surface area (Å²) in [5, 5.41) is 0. The monoisotopic (exact) mass is 145 g/mol. The number of ether oxygens (including phenoxy) is 1. The third-order valence-electron chi connectivity index (χ3n) is 1.83. The molecule has 0 spiro atoms. The van der Waals surface area contributed by atoms with Crippen molar-refractivity contribution in [3.05, 3.63) is 0 Å². The molecule has 2 atom stereocenters. The molecule has 0 aromatic heterocycles. The predicted molar refractivity (Wildman–Crippen MR) is 44.2 cm³/mol. The minimum Gasteiger partial charge on any atom is -0.381 e. The minimum atomic E-state index is 0.363. The Morgan fingerprint density at radius 2 is 1.80 bits per heavy atom. The van der Waals surface area contributed by atoms with Crippen LogP contribution in [-0.2, 0) is 4.74 Å². The van der Waals surface area contributed by atoms with Gasteiger partial charge in [-0.25, -0.2) is 0 Å². The summed E-state index contributed by atoms with van der Waals surface area (Å²) in [4.78, 5) is 2.18. The quantitative estimate of drug-likeness (QED) is 0.589. The number of hydrogen-bond donors (Lipinski definition) is 0. The molecule has 0 saturated heterocycles. The van der Waals surface area contributed by atoms with Crippen molar-refractivity contribution in [2.75, 3.05) is 27.7 Å². The Morgan fingerprint density at radius 3 is 2.10 bits per heavy atom. The van der Waals surface area contributed by atoms with Crippen molar-refractivity contribution in [3.8, 4) is 0 Å². The van der Waals surface area contributed by atoms with Gasteiger partial charge in [0.1, 0.15) is 0 Å². The van der Waals surface area contributed by atoms with Crippen molar-refractivity contribution >= 4 is 0 Å². The molecule has 0 fully saturated rings. The van der Waals surface area contributed by atoms with Gasteiger partial charge in [-0.2, -0.15) is 0 Å². The summed E-state index contributed by atoms with van der Waals surface area (Å²) < 4.78 is 5.19. The molecule has 0 saturated carbocycles. The topological polar surface area (TPSA) is 12.5 Å². The Bertz CT molecular complexity index is 83.3. The van der Waals surface area contributed by atoms with Crippen LogP contribution in [-0.4, -0.2) is 38.8 Å². The first-order chi connectivity index (χ1) is 4.57. The first-order valence-corrected chi connectivity index (χ1v) is 3.75. The van der Waals surface area contributed by atoms with E-state index in [1.54, 1.807) is 7.11 Å². The highest BCUT2D eigenvalue weighted by Gasteiger charge is 2.10. The maximum Gasteiger partial charge on any atom is 0.0580 e. The highest BCUT2D eigenvalue weighted by Crippen LogP contribution is 2.05. The van der Waals surface area contributed by atoms with Crippen LogP contribution in [0.15, 0.2) is 0 Å². The smallest absolute Gasteiger partial charge is 0.0580 e. The van der Waals surface area contributed by atoms with Gasteiger partial charge in [-0.15, -0.1) is 0 Å². The van der Waals surface area contributed by atoms with E-state index in [1.807, 2.05) is 0 Å². The molecule has 0 aliphatic rings. The molecular weight excluding hydrogens is 126 g/mol. The molecule has 0 amide bonds. The van der Waals surface area contributed by atoms with E-state index in [1.165, 1.54) is 0 Å². The summed E-state index contributed by atoms with van der Waals surface area (Å²) in [5.74, 6) is 0.611. The van der Waals surface area contributed by atoms with Gasteiger partial charge in [0.25, 0.3) is 0 Å². The lowest BCUT2D eigenvalue weighted by Crippen LogP contribution is -2.28. The molecule has 0 aromatic rings. The number of rotatable bonds is 4. The van der Waals surface area contributed by atoms with Crippen molar-refractivity contribution in [2.24, 2.45) is 5.92 Å². The second-order valence-corrected chi connectivity index (χ2v) is 3.18. The van der Waals surface area contributed by atoms with Gasteiger partial charge < -0.3 is 9.64 Å². The molecule has 2 heteroatoms. The number of nitrogens with zero attached hydrogens (tertiary/aromatic N) is 1. The van der Waals surface area contributed by atoms with Crippen molar-refractivity contribution in [3.63, 3.8) is 0 Å². The lowest BCUT2D eigenvalue weighted by Gasteiger charge is -2.21. The van der Waals surface area contributed by atoms with E-state index in [9.17, 15) is 0 Å². The van der Waals surface area contributed by atoms with Gasteiger partial charge in [0.15, 0.2) is 0 Å². The van der Waals surface area contributed by atoms with Gasteiger partial charge in [-0.05, 0) is 26.9 Å². The molecule has 10 heavy (non-hydrogen) atoms. The van der Waals surface area contributed by atoms with Crippen LogP contribution in [0.5, 0.6) is 0 Å². The Balaban J connectivity index is 3.50. The summed E-state index contributed by atoms with van der Waals surface area (Å²) in [6.45, 7) is 5.40. The van der Waals surface area contributed by atoms with Crippen LogP contribution in [0.4, 0.5) is 0 Å². The molecule has 2 nitrogen and oxygen atoms in total. The fraction of sp³-hybridized carbons (Fsp3) is 1.00. The summed E-state index contributed by atoms with van der Waals surface area (Å²) in [6.07, 6.45) is 0.363. The average Bonchev–Trinajstić information content (AvgIpc) is 1.85. The predicted octanol–water partition coefficient (Wildman–Crippen LogP) is 1.22. The Kier molecular flexibility index (Phi) is 4.65. The van der Waals surface area contributed by atoms with Crippen LogP contribution in [0.1, 0.15) is 13.8 Å². The average molecular weight is 145 g/mol.